The number of hydrogen-bond donors (Lipinski definition) is 3. The summed E-state index contributed by atoms with van der Waals surface area (Å²) < 4.78 is 26.0. The molecule has 0 unspecified atom stereocenters. The van der Waals surface area contributed by atoms with Crippen LogP contribution in [0.3, 0.4) is 0 Å². The molecule has 118 valence electrons. The van der Waals surface area contributed by atoms with Gasteiger partial charge in [-0.25, -0.2) is 8.42 Å². The van der Waals surface area contributed by atoms with Crippen LogP contribution in [0.5, 0.6) is 0 Å². The van der Waals surface area contributed by atoms with Crippen molar-refractivity contribution < 1.29 is 23.1 Å². The van der Waals surface area contributed by atoms with Crippen molar-refractivity contribution in [1.82, 2.24) is 10.0 Å². The summed E-state index contributed by atoms with van der Waals surface area (Å²) in [7, 11) is -3.77. The number of carbonyl (C=O) groups excluding carboxylic acids is 1. The Bertz CT molecular complexity index is 691. The number of carboxylic acids is 1. The number of amides is 1. The fraction of sp³-hybridized carbons (Fsp3) is 0.286. The summed E-state index contributed by atoms with van der Waals surface area (Å²) >= 11 is 0. The molecule has 1 aromatic rings. The van der Waals surface area contributed by atoms with Crippen LogP contribution in [-0.2, 0) is 14.8 Å². The summed E-state index contributed by atoms with van der Waals surface area (Å²) in [6.07, 6.45) is 5.24. The van der Waals surface area contributed by atoms with Gasteiger partial charge in [0.25, 0.3) is 5.91 Å². The lowest BCUT2D eigenvalue weighted by atomic mass is 10.2. The number of carbonyl (C=O) groups is 2. The zero-order valence-electron chi connectivity index (χ0n) is 11.7. The van der Waals surface area contributed by atoms with Gasteiger partial charge < -0.3 is 10.4 Å². The molecule has 0 fully saturated rings. The van der Waals surface area contributed by atoms with Crippen molar-refractivity contribution in [2.45, 2.75) is 17.7 Å². The fourth-order valence-corrected chi connectivity index (χ4v) is 2.55. The van der Waals surface area contributed by atoms with Gasteiger partial charge in [-0.2, -0.15) is 4.72 Å². The lowest BCUT2D eigenvalue weighted by molar-refractivity contribution is -0.137. The minimum Gasteiger partial charge on any atom is -0.481 e. The Morgan fingerprint density at radius 2 is 2.05 bits per heavy atom. The average molecular weight is 324 g/mol. The van der Waals surface area contributed by atoms with Crippen molar-refractivity contribution >= 4 is 21.9 Å². The second-order valence-electron chi connectivity index (χ2n) is 4.31. The molecule has 0 bridgehead atoms. The van der Waals surface area contributed by atoms with Crippen LogP contribution in [0.2, 0.25) is 0 Å². The molecule has 0 radical (unpaired) electrons. The zero-order chi connectivity index (χ0) is 16.6. The molecule has 0 aliphatic rings. The molecule has 22 heavy (non-hydrogen) atoms. The fourth-order valence-electron chi connectivity index (χ4n) is 1.57. The largest absolute Gasteiger partial charge is 0.481 e. The first-order valence-corrected chi connectivity index (χ1v) is 7.88. The highest BCUT2D eigenvalue weighted by atomic mass is 32.2. The number of terminal acetylenes is 1. The summed E-state index contributed by atoms with van der Waals surface area (Å²) in [5, 5.41) is 11.0. The van der Waals surface area contributed by atoms with Crippen LogP contribution >= 0.6 is 0 Å². The maximum atomic E-state index is 11.9. The van der Waals surface area contributed by atoms with Gasteiger partial charge in [0.1, 0.15) is 0 Å². The lowest BCUT2D eigenvalue weighted by Gasteiger charge is -2.07. The van der Waals surface area contributed by atoms with Gasteiger partial charge in [-0.1, -0.05) is 12.0 Å². The standard InChI is InChI=1S/C14H16N2O5S/c1-2-8-16-22(20,21)12-6-3-5-11(10-12)14(19)15-9-4-7-13(17)18/h1,3,5-6,10,16H,4,7-9H2,(H,15,19)(H,17,18). The molecule has 1 rings (SSSR count). The van der Waals surface area contributed by atoms with Gasteiger partial charge in [-0.05, 0) is 24.6 Å². The molecule has 0 heterocycles. The normalized spacial score (nSPS) is 10.7. The van der Waals surface area contributed by atoms with Gasteiger partial charge in [0, 0.05) is 18.5 Å². The van der Waals surface area contributed by atoms with Crippen molar-refractivity contribution in [1.29, 1.82) is 0 Å². The first-order valence-electron chi connectivity index (χ1n) is 6.40. The van der Waals surface area contributed by atoms with E-state index in [0.717, 1.165) is 0 Å². The number of nitrogens with one attached hydrogen (secondary N) is 2. The first-order chi connectivity index (χ1) is 10.4. The molecule has 0 saturated heterocycles. The maximum Gasteiger partial charge on any atom is 0.303 e. The molecule has 1 amide bonds. The van der Waals surface area contributed by atoms with E-state index in [4.69, 9.17) is 11.5 Å². The quantitative estimate of drug-likeness (QED) is 0.467. The number of aliphatic carboxylic acids is 1. The molecule has 1 aromatic carbocycles. The third-order valence-electron chi connectivity index (χ3n) is 2.62. The van der Waals surface area contributed by atoms with Crippen molar-refractivity contribution in [3.8, 4) is 12.3 Å². The van der Waals surface area contributed by atoms with Gasteiger partial charge >= 0.3 is 5.97 Å². The van der Waals surface area contributed by atoms with E-state index in [1.54, 1.807) is 0 Å². The minimum absolute atomic E-state index is 0.0509. The van der Waals surface area contributed by atoms with Gasteiger partial charge in [0.05, 0.1) is 11.4 Å². The zero-order valence-corrected chi connectivity index (χ0v) is 12.5. The highest BCUT2D eigenvalue weighted by molar-refractivity contribution is 7.89. The predicted octanol–water partition coefficient (Wildman–Crippen LogP) is 0.193. The number of rotatable bonds is 8. The Hall–Kier alpha value is -2.37. The first kappa shape index (κ1) is 17.7. The number of sulfonamides is 1. The SMILES string of the molecule is C#CCNS(=O)(=O)c1cccc(C(=O)NCCCC(=O)O)c1. The molecular weight excluding hydrogens is 308 g/mol. The van der Waals surface area contributed by atoms with Crippen molar-refractivity contribution in [2.75, 3.05) is 13.1 Å². The molecular formula is C14H16N2O5S. The van der Waals surface area contributed by atoms with Gasteiger partial charge in [0.15, 0.2) is 0 Å². The van der Waals surface area contributed by atoms with Crippen molar-refractivity contribution in [2.24, 2.45) is 0 Å². The van der Waals surface area contributed by atoms with Gasteiger partial charge in [-0.3, -0.25) is 9.59 Å². The highest BCUT2D eigenvalue weighted by Crippen LogP contribution is 2.11. The maximum absolute atomic E-state index is 11.9. The van der Waals surface area contributed by atoms with Crippen LogP contribution in [0.1, 0.15) is 23.2 Å². The van der Waals surface area contributed by atoms with Gasteiger partial charge in [0.2, 0.25) is 10.0 Å². The second kappa shape index (κ2) is 8.17. The summed E-state index contributed by atoms with van der Waals surface area (Å²) in [6.45, 7) is 0.0470. The van der Waals surface area contributed by atoms with Crippen LogP contribution in [0, 0.1) is 12.3 Å². The smallest absolute Gasteiger partial charge is 0.303 e. The van der Waals surface area contributed by atoms with Crippen molar-refractivity contribution in [3.63, 3.8) is 0 Å². The molecule has 8 heteroatoms. The third-order valence-corrected chi connectivity index (χ3v) is 4.02. The Balaban J connectivity index is 2.73. The van der Waals surface area contributed by atoms with E-state index in [2.05, 4.69) is 16.0 Å². The van der Waals surface area contributed by atoms with Crippen LogP contribution in [0.4, 0.5) is 0 Å². The minimum atomic E-state index is -3.77. The molecule has 0 aliphatic carbocycles. The lowest BCUT2D eigenvalue weighted by Crippen LogP contribution is -2.26. The molecule has 0 saturated carbocycles. The second-order valence-corrected chi connectivity index (χ2v) is 6.08. The van der Waals surface area contributed by atoms with E-state index in [1.807, 2.05) is 0 Å². The van der Waals surface area contributed by atoms with E-state index in [9.17, 15) is 18.0 Å². The summed E-state index contributed by atoms with van der Waals surface area (Å²) in [6, 6.07) is 5.48. The highest BCUT2D eigenvalue weighted by Gasteiger charge is 2.15. The number of carboxylic acid groups (broad SMARTS) is 1. The van der Waals surface area contributed by atoms with E-state index in [1.165, 1.54) is 24.3 Å². The van der Waals surface area contributed by atoms with Crippen LogP contribution in [0.15, 0.2) is 29.2 Å². The molecule has 0 aromatic heterocycles. The Labute approximate surface area is 128 Å². The topological polar surface area (TPSA) is 113 Å². The van der Waals surface area contributed by atoms with Crippen LogP contribution in [0.25, 0.3) is 0 Å². The average Bonchev–Trinajstić information content (AvgIpc) is 2.49. The third kappa shape index (κ3) is 5.55. The van der Waals surface area contributed by atoms with E-state index >= 15 is 0 Å². The molecule has 3 N–H and O–H groups in total. The predicted molar refractivity (Wildman–Crippen MR) is 79.7 cm³/mol. The molecule has 0 atom stereocenters. The van der Waals surface area contributed by atoms with Gasteiger partial charge in [-0.15, -0.1) is 6.42 Å². The summed E-state index contributed by atoms with van der Waals surface area (Å²) in [4.78, 5) is 22.2. The number of benzene rings is 1. The number of hydrogen-bond acceptors (Lipinski definition) is 4. The van der Waals surface area contributed by atoms with Crippen LogP contribution < -0.4 is 10.0 Å². The Kier molecular flexibility index (Phi) is 6.56. The van der Waals surface area contributed by atoms with Crippen LogP contribution in [-0.4, -0.2) is 38.5 Å². The van der Waals surface area contributed by atoms with Crippen molar-refractivity contribution in [3.05, 3.63) is 29.8 Å². The monoisotopic (exact) mass is 324 g/mol. The summed E-state index contributed by atoms with van der Waals surface area (Å²) in [5.74, 6) is 0.741. The Morgan fingerprint density at radius 1 is 1.32 bits per heavy atom. The van der Waals surface area contributed by atoms with E-state index < -0.39 is 21.9 Å². The molecule has 0 spiro atoms. The summed E-state index contributed by atoms with van der Waals surface area (Å²) in [5.41, 5.74) is 0.166. The Morgan fingerprint density at radius 3 is 2.68 bits per heavy atom. The molecule has 7 nitrogen and oxygen atoms in total. The van der Waals surface area contributed by atoms with E-state index in [0.29, 0.717) is 6.42 Å². The molecule has 0 aliphatic heterocycles. The van der Waals surface area contributed by atoms with E-state index in [-0.39, 0.29) is 30.0 Å².